The topological polar surface area (TPSA) is 75.9 Å². The van der Waals surface area contributed by atoms with Gasteiger partial charge in [0.1, 0.15) is 0 Å². The Bertz CT molecular complexity index is 773. The van der Waals surface area contributed by atoms with Gasteiger partial charge in [-0.05, 0) is 42.0 Å². The van der Waals surface area contributed by atoms with Crippen LogP contribution in [0.15, 0.2) is 39.4 Å². The van der Waals surface area contributed by atoms with Crippen molar-refractivity contribution in [3.05, 3.63) is 40.8 Å². The molecule has 1 atom stereocenters. The summed E-state index contributed by atoms with van der Waals surface area (Å²) in [4.78, 5) is 4.42. The minimum absolute atomic E-state index is 0.00893. The Morgan fingerprint density at radius 3 is 2.95 bits per heavy atom. The first kappa shape index (κ1) is 14.0. The molecular formula is C14H14BrN5O. The molecule has 108 valence electrons. The summed E-state index contributed by atoms with van der Waals surface area (Å²) in [7, 11) is 1.84. The molecule has 0 bridgehead atoms. The zero-order valence-electron chi connectivity index (χ0n) is 11.6. The Balaban J connectivity index is 1.93. The summed E-state index contributed by atoms with van der Waals surface area (Å²) in [5, 5.41) is 15.2. The SMILES string of the molecule is CNC(C)c1nnc(Nc2cccc3cc(Br)cnc23)o1. The fourth-order valence-corrected chi connectivity index (χ4v) is 2.28. The van der Waals surface area contributed by atoms with Gasteiger partial charge in [0.15, 0.2) is 0 Å². The van der Waals surface area contributed by atoms with Gasteiger partial charge in [0.25, 0.3) is 0 Å². The number of hydrogen-bond donors (Lipinski definition) is 2. The zero-order chi connectivity index (χ0) is 14.8. The summed E-state index contributed by atoms with van der Waals surface area (Å²) in [6.07, 6.45) is 1.76. The van der Waals surface area contributed by atoms with Crippen molar-refractivity contribution in [1.82, 2.24) is 20.5 Å². The van der Waals surface area contributed by atoms with Crippen LogP contribution in [0.3, 0.4) is 0 Å². The van der Waals surface area contributed by atoms with E-state index in [1.807, 2.05) is 38.2 Å². The highest BCUT2D eigenvalue weighted by Crippen LogP contribution is 2.26. The van der Waals surface area contributed by atoms with Gasteiger partial charge in [-0.1, -0.05) is 17.2 Å². The molecule has 0 aliphatic heterocycles. The van der Waals surface area contributed by atoms with Gasteiger partial charge in [-0.25, -0.2) is 0 Å². The quantitative estimate of drug-likeness (QED) is 0.753. The van der Waals surface area contributed by atoms with Crippen LogP contribution in [0.2, 0.25) is 0 Å². The van der Waals surface area contributed by atoms with Gasteiger partial charge in [0.05, 0.1) is 17.2 Å². The van der Waals surface area contributed by atoms with Crippen molar-refractivity contribution in [3.8, 4) is 0 Å². The van der Waals surface area contributed by atoms with Crippen LogP contribution in [0.1, 0.15) is 18.9 Å². The molecule has 1 aromatic carbocycles. The van der Waals surface area contributed by atoms with Crippen LogP contribution in [0, 0.1) is 0 Å². The van der Waals surface area contributed by atoms with Crippen molar-refractivity contribution in [2.75, 3.05) is 12.4 Å². The number of anilines is 2. The number of halogens is 1. The third kappa shape index (κ3) is 2.88. The molecule has 0 radical (unpaired) electrons. The maximum absolute atomic E-state index is 5.58. The summed E-state index contributed by atoms with van der Waals surface area (Å²) in [5.74, 6) is 0.538. The summed E-state index contributed by atoms with van der Waals surface area (Å²) < 4.78 is 6.52. The summed E-state index contributed by atoms with van der Waals surface area (Å²) >= 11 is 3.42. The molecule has 0 aliphatic carbocycles. The van der Waals surface area contributed by atoms with E-state index in [2.05, 4.69) is 41.7 Å². The standard InChI is InChI=1S/C14H14BrN5O/c1-8(16-2)13-19-20-14(21-13)18-11-5-3-4-9-6-10(15)7-17-12(9)11/h3-8,16H,1-2H3,(H,18,20). The first-order valence-corrected chi connectivity index (χ1v) is 7.28. The second-order valence-electron chi connectivity index (χ2n) is 4.61. The second kappa shape index (κ2) is 5.79. The molecule has 0 spiro atoms. The Labute approximate surface area is 130 Å². The fourth-order valence-electron chi connectivity index (χ4n) is 1.93. The highest BCUT2D eigenvalue weighted by atomic mass is 79.9. The number of benzene rings is 1. The lowest BCUT2D eigenvalue weighted by Crippen LogP contribution is -2.12. The number of fused-ring (bicyclic) bond motifs is 1. The minimum atomic E-state index is 0.00893. The molecule has 3 aromatic rings. The third-order valence-electron chi connectivity index (χ3n) is 3.16. The van der Waals surface area contributed by atoms with Gasteiger partial charge in [-0.15, -0.1) is 5.10 Å². The lowest BCUT2D eigenvalue weighted by Gasteiger charge is -2.06. The lowest BCUT2D eigenvalue weighted by atomic mass is 10.2. The molecule has 6 nitrogen and oxygen atoms in total. The molecule has 0 amide bonds. The molecule has 0 aliphatic rings. The summed E-state index contributed by atoms with van der Waals surface area (Å²) in [5.41, 5.74) is 1.68. The van der Waals surface area contributed by atoms with Gasteiger partial charge in [0.2, 0.25) is 5.89 Å². The first-order chi connectivity index (χ1) is 10.2. The minimum Gasteiger partial charge on any atom is -0.406 e. The van der Waals surface area contributed by atoms with Crippen LogP contribution in [0.4, 0.5) is 11.7 Å². The maximum Gasteiger partial charge on any atom is 0.320 e. The summed E-state index contributed by atoms with van der Waals surface area (Å²) in [6.45, 7) is 1.95. The maximum atomic E-state index is 5.58. The molecule has 0 fully saturated rings. The highest BCUT2D eigenvalue weighted by Gasteiger charge is 2.13. The fraction of sp³-hybridized carbons (Fsp3) is 0.214. The van der Waals surface area contributed by atoms with Crippen LogP contribution >= 0.6 is 15.9 Å². The van der Waals surface area contributed by atoms with Crippen LogP contribution in [-0.4, -0.2) is 22.2 Å². The van der Waals surface area contributed by atoms with Crippen molar-refractivity contribution in [3.63, 3.8) is 0 Å². The average molecular weight is 348 g/mol. The van der Waals surface area contributed by atoms with Gasteiger partial charge in [-0.3, -0.25) is 4.98 Å². The second-order valence-corrected chi connectivity index (χ2v) is 5.53. The van der Waals surface area contributed by atoms with Crippen LogP contribution in [0.5, 0.6) is 0 Å². The van der Waals surface area contributed by atoms with E-state index in [0.717, 1.165) is 21.1 Å². The van der Waals surface area contributed by atoms with Crippen LogP contribution in [0.25, 0.3) is 10.9 Å². The largest absolute Gasteiger partial charge is 0.406 e. The van der Waals surface area contributed by atoms with E-state index in [9.17, 15) is 0 Å². The smallest absolute Gasteiger partial charge is 0.320 e. The van der Waals surface area contributed by atoms with Crippen LogP contribution in [-0.2, 0) is 0 Å². The van der Waals surface area contributed by atoms with Crippen molar-refractivity contribution in [2.24, 2.45) is 0 Å². The first-order valence-electron chi connectivity index (χ1n) is 6.49. The van der Waals surface area contributed by atoms with Crippen molar-refractivity contribution >= 4 is 38.5 Å². The molecule has 1 unspecified atom stereocenters. The number of rotatable bonds is 4. The Morgan fingerprint density at radius 1 is 1.29 bits per heavy atom. The van der Waals surface area contributed by atoms with Gasteiger partial charge in [-0.2, -0.15) is 0 Å². The molecule has 2 heterocycles. The third-order valence-corrected chi connectivity index (χ3v) is 3.60. The molecule has 0 saturated heterocycles. The van der Waals surface area contributed by atoms with Crippen molar-refractivity contribution < 1.29 is 4.42 Å². The number of nitrogens with zero attached hydrogens (tertiary/aromatic N) is 3. The lowest BCUT2D eigenvalue weighted by molar-refractivity contribution is 0.443. The molecule has 3 rings (SSSR count). The van der Waals surface area contributed by atoms with E-state index in [4.69, 9.17) is 4.42 Å². The van der Waals surface area contributed by atoms with Crippen molar-refractivity contribution in [2.45, 2.75) is 13.0 Å². The predicted molar refractivity (Wildman–Crippen MR) is 84.5 cm³/mol. The predicted octanol–water partition coefficient (Wildman–Crippen LogP) is 3.40. The molecule has 7 heteroatoms. The Morgan fingerprint density at radius 2 is 2.14 bits per heavy atom. The van der Waals surface area contributed by atoms with E-state index in [-0.39, 0.29) is 6.04 Å². The number of aromatic nitrogens is 3. The highest BCUT2D eigenvalue weighted by molar-refractivity contribution is 9.10. The van der Waals surface area contributed by atoms with E-state index >= 15 is 0 Å². The molecule has 2 N–H and O–H groups in total. The normalized spacial score (nSPS) is 12.5. The number of para-hydroxylation sites is 1. The van der Waals surface area contributed by atoms with Gasteiger partial charge < -0.3 is 15.1 Å². The number of pyridine rings is 1. The molecule has 2 aromatic heterocycles. The molecule has 0 saturated carbocycles. The molecule has 21 heavy (non-hydrogen) atoms. The van der Waals surface area contributed by atoms with Crippen LogP contribution < -0.4 is 10.6 Å². The molecular weight excluding hydrogens is 334 g/mol. The van der Waals surface area contributed by atoms with E-state index in [1.54, 1.807) is 6.20 Å². The Hall–Kier alpha value is -1.99. The number of nitrogens with one attached hydrogen (secondary N) is 2. The summed E-state index contributed by atoms with van der Waals surface area (Å²) in [6, 6.07) is 8.25. The average Bonchev–Trinajstić information content (AvgIpc) is 2.95. The van der Waals surface area contributed by atoms with E-state index in [1.165, 1.54) is 0 Å². The van der Waals surface area contributed by atoms with Gasteiger partial charge in [0, 0.05) is 16.1 Å². The number of hydrogen-bond acceptors (Lipinski definition) is 6. The van der Waals surface area contributed by atoms with Crippen molar-refractivity contribution in [1.29, 1.82) is 0 Å². The monoisotopic (exact) mass is 347 g/mol. The zero-order valence-corrected chi connectivity index (χ0v) is 13.2. The van der Waals surface area contributed by atoms with E-state index in [0.29, 0.717) is 11.9 Å². The Kier molecular flexibility index (Phi) is 3.85. The van der Waals surface area contributed by atoms with E-state index < -0.39 is 0 Å². The van der Waals surface area contributed by atoms with Gasteiger partial charge >= 0.3 is 6.01 Å².